The molecule has 4 heteroatoms. The first-order valence-corrected chi connectivity index (χ1v) is 9.56. The van der Waals surface area contributed by atoms with Gasteiger partial charge in [0.25, 0.3) is 11.8 Å². The van der Waals surface area contributed by atoms with Crippen LogP contribution in [0.15, 0.2) is 72.8 Å². The summed E-state index contributed by atoms with van der Waals surface area (Å²) in [6, 6.07) is 22.7. The first kappa shape index (κ1) is 18.0. The van der Waals surface area contributed by atoms with Gasteiger partial charge in [-0.05, 0) is 66.4 Å². The smallest absolute Gasteiger partial charge is 0.258 e. The Labute approximate surface area is 164 Å². The van der Waals surface area contributed by atoms with Gasteiger partial charge in [-0.15, -0.1) is 0 Å². The standard InChI is InChI=1S/C24H22N2O2/c1-2-17-7-9-19(10-8-17)23(27)25-21-13-11-20(12-14-21)24(28)26-16-15-18-5-3-4-6-22(18)26/h3-14H,2,15-16H2,1H3,(H,25,27). The average molecular weight is 370 g/mol. The van der Waals surface area contributed by atoms with Crippen molar-refractivity contribution in [3.05, 3.63) is 95.1 Å². The van der Waals surface area contributed by atoms with E-state index in [0.717, 1.165) is 18.5 Å². The van der Waals surface area contributed by atoms with Crippen molar-refractivity contribution >= 4 is 23.2 Å². The second-order valence-electron chi connectivity index (χ2n) is 6.92. The molecule has 0 aromatic heterocycles. The molecular formula is C24H22N2O2. The summed E-state index contributed by atoms with van der Waals surface area (Å²) < 4.78 is 0. The summed E-state index contributed by atoms with van der Waals surface area (Å²) in [5, 5.41) is 2.88. The zero-order valence-corrected chi connectivity index (χ0v) is 15.8. The normalized spacial score (nSPS) is 12.5. The Bertz CT molecular complexity index is 1010. The minimum Gasteiger partial charge on any atom is -0.322 e. The number of aryl methyl sites for hydroxylation is 1. The second kappa shape index (κ2) is 7.69. The van der Waals surface area contributed by atoms with Gasteiger partial charge in [0.05, 0.1) is 0 Å². The van der Waals surface area contributed by atoms with Crippen molar-refractivity contribution in [3.63, 3.8) is 0 Å². The number of anilines is 2. The van der Waals surface area contributed by atoms with E-state index in [1.165, 1.54) is 11.1 Å². The highest BCUT2D eigenvalue weighted by Gasteiger charge is 2.25. The highest BCUT2D eigenvalue weighted by Crippen LogP contribution is 2.29. The predicted molar refractivity (Wildman–Crippen MR) is 112 cm³/mol. The van der Waals surface area contributed by atoms with E-state index in [1.807, 2.05) is 47.4 Å². The molecule has 0 bridgehead atoms. The first-order chi connectivity index (χ1) is 13.7. The minimum atomic E-state index is -0.157. The van der Waals surface area contributed by atoms with Gasteiger partial charge in [0, 0.05) is 29.0 Å². The maximum atomic E-state index is 12.9. The Morgan fingerprint density at radius 2 is 1.57 bits per heavy atom. The Morgan fingerprint density at radius 3 is 2.29 bits per heavy atom. The van der Waals surface area contributed by atoms with Crippen LogP contribution in [-0.4, -0.2) is 18.4 Å². The van der Waals surface area contributed by atoms with Crippen molar-refractivity contribution in [2.24, 2.45) is 0 Å². The van der Waals surface area contributed by atoms with E-state index >= 15 is 0 Å². The lowest BCUT2D eigenvalue weighted by Gasteiger charge is -2.17. The molecule has 1 aliphatic heterocycles. The van der Waals surface area contributed by atoms with E-state index in [2.05, 4.69) is 18.3 Å². The van der Waals surface area contributed by atoms with Gasteiger partial charge >= 0.3 is 0 Å². The monoisotopic (exact) mass is 370 g/mol. The molecule has 0 aliphatic carbocycles. The van der Waals surface area contributed by atoms with E-state index in [-0.39, 0.29) is 11.8 Å². The summed E-state index contributed by atoms with van der Waals surface area (Å²) in [5.41, 5.74) is 5.29. The van der Waals surface area contributed by atoms with Crippen LogP contribution >= 0.6 is 0 Å². The van der Waals surface area contributed by atoms with Crippen LogP contribution in [0.3, 0.4) is 0 Å². The molecule has 28 heavy (non-hydrogen) atoms. The van der Waals surface area contributed by atoms with Crippen molar-refractivity contribution in [1.82, 2.24) is 0 Å². The molecular weight excluding hydrogens is 348 g/mol. The van der Waals surface area contributed by atoms with E-state index in [0.29, 0.717) is 23.4 Å². The number of para-hydroxylation sites is 1. The molecule has 0 fully saturated rings. The second-order valence-corrected chi connectivity index (χ2v) is 6.92. The summed E-state index contributed by atoms with van der Waals surface area (Å²) in [6.07, 6.45) is 1.83. The fourth-order valence-corrected chi connectivity index (χ4v) is 3.50. The van der Waals surface area contributed by atoms with Crippen LogP contribution in [-0.2, 0) is 12.8 Å². The molecule has 4 rings (SSSR count). The Balaban J connectivity index is 1.45. The van der Waals surface area contributed by atoms with Crippen LogP contribution in [0.4, 0.5) is 11.4 Å². The largest absolute Gasteiger partial charge is 0.322 e. The lowest BCUT2D eigenvalue weighted by molar-refractivity contribution is 0.0988. The van der Waals surface area contributed by atoms with E-state index in [4.69, 9.17) is 0 Å². The van der Waals surface area contributed by atoms with Gasteiger partial charge in [0.15, 0.2) is 0 Å². The third-order valence-electron chi connectivity index (χ3n) is 5.15. The summed E-state index contributed by atoms with van der Waals surface area (Å²) in [7, 11) is 0. The fraction of sp³-hybridized carbons (Fsp3) is 0.167. The van der Waals surface area contributed by atoms with Crippen molar-refractivity contribution in [1.29, 1.82) is 0 Å². The number of carbonyl (C=O) groups excluding carboxylic acids is 2. The molecule has 0 saturated carbocycles. The highest BCUT2D eigenvalue weighted by atomic mass is 16.2. The number of hydrogen-bond donors (Lipinski definition) is 1. The zero-order chi connectivity index (χ0) is 19.5. The third kappa shape index (κ3) is 3.54. The fourth-order valence-electron chi connectivity index (χ4n) is 3.50. The van der Waals surface area contributed by atoms with Crippen LogP contribution in [0, 0.1) is 0 Å². The van der Waals surface area contributed by atoms with E-state index in [9.17, 15) is 9.59 Å². The quantitative estimate of drug-likeness (QED) is 0.723. The van der Waals surface area contributed by atoms with Gasteiger partial charge in [0.1, 0.15) is 0 Å². The summed E-state index contributed by atoms with van der Waals surface area (Å²) in [5.74, 6) is -0.173. The molecule has 1 heterocycles. The SMILES string of the molecule is CCc1ccc(C(=O)Nc2ccc(C(=O)N3CCc4ccccc43)cc2)cc1. The lowest BCUT2D eigenvalue weighted by atomic mass is 10.1. The maximum absolute atomic E-state index is 12.9. The number of benzene rings is 3. The molecule has 140 valence electrons. The molecule has 0 saturated heterocycles. The van der Waals surface area contributed by atoms with E-state index in [1.54, 1.807) is 24.3 Å². The molecule has 0 spiro atoms. The predicted octanol–water partition coefficient (Wildman–Crippen LogP) is 4.70. The van der Waals surface area contributed by atoms with Crippen molar-refractivity contribution in [2.75, 3.05) is 16.8 Å². The number of fused-ring (bicyclic) bond motifs is 1. The minimum absolute atomic E-state index is 0.0158. The highest BCUT2D eigenvalue weighted by molar-refractivity contribution is 6.08. The molecule has 4 nitrogen and oxygen atoms in total. The van der Waals surface area contributed by atoms with E-state index < -0.39 is 0 Å². The molecule has 3 aromatic rings. The third-order valence-corrected chi connectivity index (χ3v) is 5.15. The van der Waals surface area contributed by atoms with Gasteiger partial charge in [-0.1, -0.05) is 37.3 Å². The van der Waals surface area contributed by atoms with Crippen LogP contribution in [0.1, 0.15) is 38.8 Å². The summed E-state index contributed by atoms with van der Waals surface area (Å²) >= 11 is 0. The van der Waals surface area contributed by atoms with Crippen molar-refractivity contribution in [3.8, 4) is 0 Å². The van der Waals surface area contributed by atoms with Gasteiger partial charge in [-0.3, -0.25) is 9.59 Å². The zero-order valence-electron chi connectivity index (χ0n) is 15.8. The lowest BCUT2D eigenvalue weighted by Crippen LogP contribution is -2.28. The number of rotatable bonds is 4. The number of nitrogens with zero attached hydrogens (tertiary/aromatic N) is 1. The number of nitrogens with one attached hydrogen (secondary N) is 1. The number of hydrogen-bond acceptors (Lipinski definition) is 2. The topological polar surface area (TPSA) is 49.4 Å². The first-order valence-electron chi connectivity index (χ1n) is 9.56. The Morgan fingerprint density at radius 1 is 0.893 bits per heavy atom. The molecule has 0 unspecified atom stereocenters. The molecule has 2 amide bonds. The molecule has 3 aromatic carbocycles. The summed E-state index contributed by atoms with van der Waals surface area (Å²) in [6.45, 7) is 2.78. The van der Waals surface area contributed by atoms with Crippen molar-refractivity contribution in [2.45, 2.75) is 19.8 Å². The maximum Gasteiger partial charge on any atom is 0.258 e. The van der Waals surface area contributed by atoms with Crippen LogP contribution in [0.25, 0.3) is 0 Å². The number of amides is 2. The molecule has 1 aliphatic rings. The van der Waals surface area contributed by atoms with Crippen LogP contribution in [0.2, 0.25) is 0 Å². The van der Waals surface area contributed by atoms with Crippen LogP contribution in [0.5, 0.6) is 0 Å². The average Bonchev–Trinajstić information content (AvgIpc) is 3.18. The molecule has 1 N–H and O–H groups in total. The number of carbonyl (C=O) groups is 2. The summed E-state index contributed by atoms with van der Waals surface area (Å²) in [4.78, 5) is 27.1. The van der Waals surface area contributed by atoms with Gasteiger partial charge < -0.3 is 10.2 Å². The Hall–Kier alpha value is -3.40. The van der Waals surface area contributed by atoms with Gasteiger partial charge in [0.2, 0.25) is 0 Å². The Kier molecular flexibility index (Phi) is 4.94. The van der Waals surface area contributed by atoms with Crippen LogP contribution < -0.4 is 10.2 Å². The van der Waals surface area contributed by atoms with Gasteiger partial charge in [-0.2, -0.15) is 0 Å². The van der Waals surface area contributed by atoms with Crippen molar-refractivity contribution < 1.29 is 9.59 Å². The van der Waals surface area contributed by atoms with Gasteiger partial charge in [-0.25, -0.2) is 0 Å². The molecule has 0 atom stereocenters. The molecule has 0 radical (unpaired) electrons.